The van der Waals surface area contributed by atoms with Crippen molar-refractivity contribution in [2.75, 3.05) is 19.5 Å². The first kappa shape index (κ1) is 24.1. The van der Waals surface area contributed by atoms with Crippen LogP contribution in [0.1, 0.15) is 10.4 Å². The molecule has 0 radical (unpaired) electrons. The summed E-state index contributed by atoms with van der Waals surface area (Å²) in [6.07, 6.45) is 2.33. The number of fused-ring (bicyclic) bond motifs is 1. The first-order chi connectivity index (χ1) is 17.3. The molecule has 1 aromatic heterocycles. The van der Waals surface area contributed by atoms with E-state index in [9.17, 15) is 13.2 Å². The Morgan fingerprint density at radius 1 is 1.06 bits per heavy atom. The molecule has 36 heavy (non-hydrogen) atoms. The van der Waals surface area contributed by atoms with Gasteiger partial charge in [0.25, 0.3) is 5.91 Å². The van der Waals surface area contributed by atoms with Crippen molar-refractivity contribution in [1.82, 2.24) is 9.71 Å². The molecular weight excluding hydrogens is 504 g/mol. The standard InChI is InChI=1S/C26H21ClN2O6S/c1-36(31,32)29-25(30)17-9-10-21(24(12-17)34-19-14-33-15-19)18-11-22(27)26(28-13-18)35-23-8-4-6-16-5-2-3-7-20(16)23/h2-13,19H,14-15H2,1H3,(H,29,30). The summed E-state index contributed by atoms with van der Waals surface area (Å²) in [5.74, 6) is 0.500. The minimum Gasteiger partial charge on any atom is -0.485 e. The lowest BCUT2D eigenvalue weighted by atomic mass is 10.0. The zero-order valence-corrected chi connectivity index (χ0v) is 20.7. The number of carbonyl (C=O) groups excluding carboxylic acids is 1. The van der Waals surface area contributed by atoms with Crippen LogP contribution in [0.15, 0.2) is 72.9 Å². The summed E-state index contributed by atoms with van der Waals surface area (Å²) in [5.41, 5.74) is 1.40. The normalized spacial score (nSPS) is 13.7. The average molecular weight is 525 g/mol. The summed E-state index contributed by atoms with van der Waals surface area (Å²) in [7, 11) is -3.71. The number of carbonyl (C=O) groups is 1. The second-order valence-electron chi connectivity index (χ2n) is 8.28. The molecule has 0 atom stereocenters. The van der Waals surface area contributed by atoms with Gasteiger partial charge in [0.2, 0.25) is 15.9 Å². The van der Waals surface area contributed by atoms with Crippen molar-refractivity contribution in [3.8, 4) is 28.5 Å². The molecule has 3 aromatic carbocycles. The van der Waals surface area contributed by atoms with Crippen molar-refractivity contribution in [3.05, 3.63) is 83.5 Å². The highest BCUT2D eigenvalue weighted by molar-refractivity contribution is 7.89. The fraction of sp³-hybridized carbons (Fsp3) is 0.154. The topological polar surface area (TPSA) is 104 Å². The number of amides is 1. The van der Waals surface area contributed by atoms with Crippen LogP contribution in [-0.4, -0.2) is 44.9 Å². The maximum absolute atomic E-state index is 12.4. The molecule has 4 aromatic rings. The number of aromatic nitrogens is 1. The molecule has 1 fully saturated rings. The zero-order valence-electron chi connectivity index (χ0n) is 19.1. The number of hydrogen-bond acceptors (Lipinski definition) is 7. The van der Waals surface area contributed by atoms with Crippen LogP contribution < -0.4 is 14.2 Å². The maximum Gasteiger partial charge on any atom is 0.264 e. The number of benzene rings is 3. The van der Waals surface area contributed by atoms with Crippen LogP contribution in [0.5, 0.6) is 17.4 Å². The van der Waals surface area contributed by atoms with E-state index in [1.807, 2.05) is 47.2 Å². The molecule has 8 nitrogen and oxygen atoms in total. The number of nitrogens with one attached hydrogen (secondary N) is 1. The van der Waals surface area contributed by atoms with Crippen molar-refractivity contribution in [2.45, 2.75) is 6.10 Å². The third-order valence-electron chi connectivity index (χ3n) is 5.50. The molecule has 1 N–H and O–H groups in total. The zero-order chi connectivity index (χ0) is 25.3. The van der Waals surface area contributed by atoms with E-state index in [1.54, 1.807) is 18.3 Å². The molecule has 5 rings (SSSR count). The lowest BCUT2D eigenvalue weighted by molar-refractivity contribution is -0.0794. The highest BCUT2D eigenvalue weighted by Crippen LogP contribution is 2.37. The van der Waals surface area contributed by atoms with Crippen molar-refractivity contribution < 1.29 is 27.4 Å². The Labute approximate surface area is 212 Å². The van der Waals surface area contributed by atoms with E-state index in [0.717, 1.165) is 17.0 Å². The fourth-order valence-electron chi connectivity index (χ4n) is 3.73. The van der Waals surface area contributed by atoms with Crippen LogP contribution in [0.25, 0.3) is 21.9 Å². The Balaban J connectivity index is 1.47. The minimum absolute atomic E-state index is 0.134. The lowest BCUT2D eigenvalue weighted by Crippen LogP contribution is -2.38. The fourth-order valence-corrected chi connectivity index (χ4v) is 4.38. The van der Waals surface area contributed by atoms with Gasteiger partial charge in [0.1, 0.15) is 22.6 Å². The van der Waals surface area contributed by atoms with Gasteiger partial charge >= 0.3 is 0 Å². The number of nitrogens with zero attached hydrogens (tertiary/aromatic N) is 1. The van der Waals surface area contributed by atoms with Crippen molar-refractivity contribution in [1.29, 1.82) is 0 Å². The Hall–Kier alpha value is -3.66. The molecule has 0 unspecified atom stereocenters. The summed E-state index contributed by atoms with van der Waals surface area (Å²) in [4.78, 5) is 16.8. The number of pyridine rings is 1. The monoisotopic (exact) mass is 524 g/mol. The van der Waals surface area contributed by atoms with Crippen LogP contribution in [0.3, 0.4) is 0 Å². The van der Waals surface area contributed by atoms with Gasteiger partial charge in [-0.15, -0.1) is 0 Å². The van der Waals surface area contributed by atoms with E-state index in [4.69, 9.17) is 25.8 Å². The molecule has 2 heterocycles. The number of hydrogen-bond donors (Lipinski definition) is 1. The average Bonchev–Trinajstić information content (AvgIpc) is 2.82. The predicted octanol–water partition coefficient (Wildman–Crippen LogP) is 4.81. The Kier molecular flexibility index (Phi) is 6.53. The maximum atomic E-state index is 12.4. The summed E-state index contributed by atoms with van der Waals surface area (Å²) < 4.78 is 42.1. The van der Waals surface area contributed by atoms with Gasteiger partial charge in [-0.25, -0.2) is 18.1 Å². The third kappa shape index (κ3) is 5.28. The largest absolute Gasteiger partial charge is 0.485 e. The van der Waals surface area contributed by atoms with Crippen molar-refractivity contribution >= 4 is 38.3 Å². The molecule has 0 aliphatic carbocycles. The minimum atomic E-state index is -3.71. The van der Waals surface area contributed by atoms with Gasteiger partial charge in [0.05, 0.1) is 19.5 Å². The van der Waals surface area contributed by atoms with Crippen LogP contribution in [-0.2, 0) is 14.8 Å². The first-order valence-electron chi connectivity index (χ1n) is 11.0. The molecule has 1 aliphatic heterocycles. The highest BCUT2D eigenvalue weighted by atomic mass is 35.5. The van der Waals surface area contributed by atoms with Gasteiger partial charge in [0.15, 0.2) is 0 Å². The smallest absolute Gasteiger partial charge is 0.264 e. The van der Waals surface area contributed by atoms with Gasteiger partial charge in [0, 0.05) is 28.3 Å². The molecule has 0 bridgehead atoms. The van der Waals surface area contributed by atoms with E-state index in [2.05, 4.69) is 4.98 Å². The van der Waals surface area contributed by atoms with Crippen molar-refractivity contribution in [3.63, 3.8) is 0 Å². The molecular formula is C26H21ClN2O6S. The van der Waals surface area contributed by atoms with Gasteiger partial charge in [-0.1, -0.05) is 48.0 Å². The summed E-state index contributed by atoms with van der Waals surface area (Å²) >= 11 is 6.55. The van der Waals surface area contributed by atoms with Gasteiger partial charge in [-0.05, 0) is 35.7 Å². The van der Waals surface area contributed by atoms with Gasteiger partial charge in [-0.2, -0.15) is 0 Å². The number of sulfonamides is 1. The van der Waals surface area contributed by atoms with Crippen LogP contribution >= 0.6 is 11.6 Å². The van der Waals surface area contributed by atoms with Crippen LogP contribution in [0.2, 0.25) is 5.02 Å². The van der Waals surface area contributed by atoms with Crippen LogP contribution in [0, 0.1) is 0 Å². The second-order valence-corrected chi connectivity index (χ2v) is 10.4. The van der Waals surface area contributed by atoms with E-state index in [0.29, 0.717) is 35.8 Å². The van der Waals surface area contributed by atoms with E-state index < -0.39 is 15.9 Å². The summed E-state index contributed by atoms with van der Waals surface area (Å²) in [5, 5.41) is 2.25. The predicted molar refractivity (Wildman–Crippen MR) is 136 cm³/mol. The third-order valence-corrected chi connectivity index (χ3v) is 6.32. The van der Waals surface area contributed by atoms with E-state index in [1.165, 1.54) is 12.1 Å². The molecule has 1 saturated heterocycles. The molecule has 0 spiro atoms. The molecule has 184 valence electrons. The highest BCUT2D eigenvalue weighted by Gasteiger charge is 2.23. The SMILES string of the molecule is CS(=O)(=O)NC(=O)c1ccc(-c2cnc(Oc3cccc4ccccc34)c(Cl)c2)c(OC2COC2)c1. The lowest BCUT2D eigenvalue weighted by Gasteiger charge is -2.28. The first-order valence-corrected chi connectivity index (χ1v) is 13.3. The number of ether oxygens (including phenoxy) is 3. The summed E-state index contributed by atoms with van der Waals surface area (Å²) in [6.45, 7) is 0.825. The Morgan fingerprint density at radius 3 is 2.56 bits per heavy atom. The van der Waals surface area contributed by atoms with E-state index in [-0.39, 0.29) is 22.6 Å². The van der Waals surface area contributed by atoms with Crippen LogP contribution in [0.4, 0.5) is 0 Å². The molecule has 10 heteroatoms. The summed E-state index contributed by atoms with van der Waals surface area (Å²) in [6, 6.07) is 19.9. The number of halogens is 1. The molecule has 1 amide bonds. The Morgan fingerprint density at radius 2 is 1.83 bits per heavy atom. The number of rotatable bonds is 7. The van der Waals surface area contributed by atoms with Gasteiger partial charge < -0.3 is 14.2 Å². The van der Waals surface area contributed by atoms with Crippen molar-refractivity contribution in [2.24, 2.45) is 0 Å². The van der Waals surface area contributed by atoms with E-state index >= 15 is 0 Å². The van der Waals surface area contributed by atoms with Gasteiger partial charge in [-0.3, -0.25) is 4.79 Å². The molecule has 0 saturated carbocycles. The second kappa shape index (κ2) is 9.77. The quantitative estimate of drug-likeness (QED) is 0.370. The molecule has 1 aliphatic rings. The Bertz CT molecular complexity index is 1570.